The molecule has 1 aromatic heterocycles. The van der Waals surface area contributed by atoms with Crippen LogP contribution in [0.2, 0.25) is 0 Å². The molecule has 0 saturated carbocycles. The Morgan fingerprint density at radius 2 is 2.35 bits per heavy atom. The number of carboxylic acid groups (broad SMARTS) is 1. The smallest absolute Gasteiger partial charge is 0.326 e. The molecule has 2 heterocycles. The van der Waals surface area contributed by atoms with E-state index in [2.05, 4.69) is 0 Å². The number of carbonyl (C=O) groups excluding carboxylic acids is 1. The Balaban J connectivity index is 2.02. The highest BCUT2D eigenvalue weighted by atomic mass is 16.4. The van der Waals surface area contributed by atoms with Gasteiger partial charge in [-0.05, 0) is 31.1 Å². The molecule has 1 fully saturated rings. The van der Waals surface area contributed by atoms with E-state index in [0.717, 1.165) is 6.42 Å². The highest BCUT2D eigenvalue weighted by molar-refractivity contribution is 5.94. The largest absolute Gasteiger partial charge is 0.480 e. The molecule has 0 aromatic carbocycles. The van der Waals surface area contributed by atoms with Gasteiger partial charge in [-0.1, -0.05) is 0 Å². The summed E-state index contributed by atoms with van der Waals surface area (Å²) in [7, 11) is 0. The molecule has 0 unspecified atom stereocenters. The first-order chi connectivity index (χ1) is 8.18. The molecule has 1 atom stereocenters. The average molecular weight is 235 g/mol. The van der Waals surface area contributed by atoms with E-state index < -0.39 is 12.0 Å². The lowest BCUT2D eigenvalue weighted by Crippen LogP contribution is -2.39. The second kappa shape index (κ2) is 4.86. The molecule has 1 N–H and O–H groups in total. The van der Waals surface area contributed by atoms with E-state index in [9.17, 15) is 9.59 Å². The van der Waals surface area contributed by atoms with Gasteiger partial charge in [-0.2, -0.15) is 0 Å². The number of hydrogen-bond donors (Lipinski definition) is 1. The van der Waals surface area contributed by atoms with Gasteiger partial charge < -0.3 is 14.4 Å². The van der Waals surface area contributed by atoms with Crippen molar-refractivity contribution in [2.24, 2.45) is 0 Å². The van der Waals surface area contributed by atoms with Crippen LogP contribution < -0.4 is 0 Å². The summed E-state index contributed by atoms with van der Waals surface area (Å²) in [5.74, 6) is -0.655. The molecule has 1 aliphatic heterocycles. The summed E-state index contributed by atoms with van der Waals surface area (Å²) >= 11 is 0. The van der Waals surface area contributed by atoms with Crippen LogP contribution in [0.15, 0.2) is 28.9 Å². The Hall–Kier alpha value is -2.04. The molecule has 90 valence electrons. The predicted molar refractivity (Wildman–Crippen MR) is 60.1 cm³/mol. The fourth-order valence-electron chi connectivity index (χ4n) is 1.92. The predicted octanol–water partition coefficient (Wildman–Crippen LogP) is 1.37. The van der Waals surface area contributed by atoms with Gasteiger partial charge in [-0.25, -0.2) is 4.79 Å². The molecule has 1 amide bonds. The van der Waals surface area contributed by atoms with Gasteiger partial charge >= 0.3 is 5.97 Å². The minimum atomic E-state index is -0.942. The van der Waals surface area contributed by atoms with Gasteiger partial charge in [0.05, 0.1) is 6.26 Å². The number of carboxylic acids is 1. The lowest BCUT2D eigenvalue weighted by molar-refractivity contribution is -0.146. The van der Waals surface area contributed by atoms with Crippen molar-refractivity contribution in [2.75, 3.05) is 6.54 Å². The maximum absolute atomic E-state index is 11.8. The van der Waals surface area contributed by atoms with Gasteiger partial charge in [0.2, 0.25) is 5.91 Å². The van der Waals surface area contributed by atoms with Crippen LogP contribution in [0, 0.1) is 0 Å². The van der Waals surface area contributed by atoms with Crippen molar-refractivity contribution in [1.82, 2.24) is 4.90 Å². The number of carbonyl (C=O) groups is 2. The first-order valence-corrected chi connectivity index (χ1v) is 5.43. The molecule has 0 radical (unpaired) electrons. The molecular weight excluding hydrogens is 222 g/mol. The summed E-state index contributed by atoms with van der Waals surface area (Å²) in [6.07, 6.45) is 5.66. The van der Waals surface area contributed by atoms with Gasteiger partial charge in [0.1, 0.15) is 11.8 Å². The van der Waals surface area contributed by atoms with Crippen molar-refractivity contribution < 1.29 is 19.1 Å². The van der Waals surface area contributed by atoms with Crippen molar-refractivity contribution >= 4 is 18.0 Å². The number of likely N-dealkylation sites (tertiary alicyclic amines) is 1. The first kappa shape index (κ1) is 11.4. The van der Waals surface area contributed by atoms with Crippen molar-refractivity contribution in [1.29, 1.82) is 0 Å². The maximum Gasteiger partial charge on any atom is 0.326 e. The molecule has 1 aliphatic rings. The lowest BCUT2D eigenvalue weighted by Gasteiger charge is -2.19. The van der Waals surface area contributed by atoms with Crippen LogP contribution in [-0.4, -0.2) is 34.5 Å². The lowest BCUT2D eigenvalue weighted by atomic mass is 10.2. The minimum absolute atomic E-state index is 0.286. The quantitative estimate of drug-likeness (QED) is 0.803. The Kier molecular flexibility index (Phi) is 3.27. The van der Waals surface area contributed by atoms with Crippen molar-refractivity contribution in [2.45, 2.75) is 18.9 Å². The molecule has 2 rings (SSSR count). The van der Waals surface area contributed by atoms with Gasteiger partial charge in [0, 0.05) is 12.6 Å². The number of rotatable bonds is 3. The third kappa shape index (κ3) is 2.55. The Labute approximate surface area is 98.3 Å². The maximum atomic E-state index is 11.8. The van der Waals surface area contributed by atoms with Gasteiger partial charge in [0.25, 0.3) is 0 Å². The number of furan rings is 1. The Morgan fingerprint density at radius 1 is 1.53 bits per heavy atom. The zero-order chi connectivity index (χ0) is 12.3. The van der Waals surface area contributed by atoms with Crippen molar-refractivity contribution in [3.8, 4) is 0 Å². The molecular formula is C12H13NO4. The normalized spacial score (nSPS) is 20.0. The minimum Gasteiger partial charge on any atom is -0.480 e. The summed E-state index contributed by atoms with van der Waals surface area (Å²) in [4.78, 5) is 24.1. The number of hydrogen-bond acceptors (Lipinski definition) is 3. The van der Waals surface area contributed by atoms with Crippen LogP contribution in [-0.2, 0) is 9.59 Å². The summed E-state index contributed by atoms with van der Waals surface area (Å²) in [5.41, 5.74) is 0. The van der Waals surface area contributed by atoms with E-state index in [1.807, 2.05) is 0 Å². The van der Waals surface area contributed by atoms with E-state index >= 15 is 0 Å². The highest BCUT2D eigenvalue weighted by Gasteiger charge is 2.32. The molecule has 5 heteroatoms. The zero-order valence-electron chi connectivity index (χ0n) is 9.20. The van der Waals surface area contributed by atoms with Crippen LogP contribution in [0.4, 0.5) is 0 Å². The molecule has 17 heavy (non-hydrogen) atoms. The van der Waals surface area contributed by atoms with Crippen LogP contribution in [0.25, 0.3) is 6.08 Å². The van der Waals surface area contributed by atoms with Gasteiger partial charge in [-0.15, -0.1) is 0 Å². The van der Waals surface area contributed by atoms with Crippen LogP contribution in [0.5, 0.6) is 0 Å². The highest BCUT2D eigenvalue weighted by Crippen LogP contribution is 2.18. The number of nitrogens with zero attached hydrogens (tertiary/aromatic N) is 1. The number of amides is 1. The molecule has 0 spiro atoms. The Morgan fingerprint density at radius 3 is 3.00 bits per heavy atom. The van der Waals surface area contributed by atoms with E-state index in [1.54, 1.807) is 18.2 Å². The fraction of sp³-hybridized carbons (Fsp3) is 0.333. The fourth-order valence-corrected chi connectivity index (χ4v) is 1.92. The zero-order valence-corrected chi connectivity index (χ0v) is 9.20. The second-order valence-corrected chi connectivity index (χ2v) is 3.88. The topological polar surface area (TPSA) is 70.8 Å². The van der Waals surface area contributed by atoms with Crippen LogP contribution >= 0.6 is 0 Å². The van der Waals surface area contributed by atoms with Gasteiger partial charge in [-0.3, -0.25) is 4.79 Å². The number of aliphatic carboxylic acids is 1. The first-order valence-electron chi connectivity index (χ1n) is 5.43. The summed E-state index contributed by atoms with van der Waals surface area (Å²) in [6, 6.07) is 2.76. The van der Waals surface area contributed by atoms with Gasteiger partial charge in [0.15, 0.2) is 0 Å². The molecule has 5 nitrogen and oxygen atoms in total. The summed E-state index contributed by atoms with van der Waals surface area (Å²) in [6.45, 7) is 0.498. The average Bonchev–Trinajstić information content (AvgIpc) is 2.96. The van der Waals surface area contributed by atoms with Crippen LogP contribution in [0.1, 0.15) is 18.6 Å². The van der Waals surface area contributed by atoms with Crippen LogP contribution in [0.3, 0.4) is 0 Å². The van der Waals surface area contributed by atoms with E-state index in [4.69, 9.17) is 9.52 Å². The summed E-state index contributed by atoms with van der Waals surface area (Å²) in [5, 5.41) is 8.95. The third-order valence-electron chi connectivity index (χ3n) is 2.75. The van der Waals surface area contributed by atoms with Crippen molar-refractivity contribution in [3.05, 3.63) is 30.2 Å². The van der Waals surface area contributed by atoms with Crippen molar-refractivity contribution in [3.63, 3.8) is 0 Å². The molecule has 0 aliphatic carbocycles. The van der Waals surface area contributed by atoms with E-state index in [-0.39, 0.29) is 5.91 Å². The standard InChI is InChI=1S/C12H13NO4/c14-11(6-5-9-3-2-8-17-9)13-7-1-4-10(13)12(15)16/h2-3,5-6,8,10H,1,4,7H2,(H,15,16)/b6-5+/t10-/m1/s1. The van der Waals surface area contributed by atoms with E-state index in [1.165, 1.54) is 17.2 Å². The molecule has 0 bridgehead atoms. The monoisotopic (exact) mass is 235 g/mol. The third-order valence-corrected chi connectivity index (χ3v) is 2.75. The van der Waals surface area contributed by atoms with E-state index in [0.29, 0.717) is 18.7 Å². The SMILES string of the molecule is O=C(O)[C@H]1CCCN1C(=O)/C=C/c1ccco1. The molecule has 1 aromatic rings. The second-order valence-electron chi connectivity index (χ2n) is 3.88. The Bertz CT molecular complexity index is 435. The molecule has 1 saturated heterocycles. The summed E-state index contributed by atoms with van der Waals surface area (Å²) < 4.78 is 5.05.